The summed E-state index contributed by atoms with van der Waals surface area (Å²) in [6.45, 7) is 0. The Morgan fingerprint density at radius 1 is 0.682 bits per heavy atom. The maximum absolute atomic E-state index is 5.12. The van der Waals surface area contributed by atoms with Gasteiger partial charge in [0.1, 0.15) is 0 Å². The van der Waals surface area contributed by atoms with Crippen LogP contribution in [0, 0.1) is 0 Å². The van der Waals surface area contributed by atoms with Gasteiger partial charge in [0.25, 0.3) is 0 Å². The predicted octanol–water partition coefficient (Wildman–Crippen LogP) is 5.13. The highest BCUT2D eigenvalue weighted by molar-refractivity contribution is 5.58. The zero-order valence-electron chi connectivity index (χ0n) is 11.9. The smallest absolute Gasteiger partial charge is 0.188 e. The summed E-state index contributed by atoms with van der Waals surface area (Å²) in [5.41, 5.74) is 0.880. The standard InChI is InChI=1S/C18H16N2O2/c1-2-4-6-8-12-16-19-20-22-21-18-15-11-10-14-17(18)13-9-7-5-3-1/h1-16H. The molecule has 0 radical (unpaired) electrons. The van der Waals surface area contributed by atoms with Crippen LogP contribution in [0.1, 0.15) is 5.56 Å². The second-order valence-corrected chi connectivity index (χ2v) is 4.13. The molecular formula is C18H16N2O2. The van der Waals surface area contributed by atoms with Gasteiger partial charge in [-0.3, -0.25) is 4.89 Å². The number of hydrogen-bond acceptors (Lipinski definition) is 4. The zero-order valence-corrected chi connectivity index (χ0v) is 11.9. The summed E-state index contributed by atoms with van der Waals surface area (Å²) in [6, 6.07) is 7.49. The summed E-state index contributed by atoms with van der Waals surface area (Å²) < 4.78 is 0. The lowest BCUT2D eigenvalue weighted by molar-refractivity contribution is -0.215. The Hall–Kier alpha value is -3.14. The largest absolute Gasteiger partial charge is 0.265 e. The molecule has 0 unspecified atom stereocenters. The van der Waals surface area contributed by atoms with Gasteiger partial charge < -0.3 is 0 Å². The van der Waals surface area contributed by atoms with Crippen molar-refractivity contribution in [2.24, 2.45) is 10.4 Å². The van der Waals surface area contributed by atoms with E-state index in [4.69, 9.17) is 9.88 Å². The molecule has 1 aromatic carbocycles. The van der Waals surface area contributed by atoms with Gasteiger partial charge in [0.2, 0.25) is 0 Å². The summed E-state index contributed by atoms with van der Waals surface area (Å²) in [5, 5.41) is 7.13. The van der Waals surface area contributed by atoms with Crippen molar-refractivity contribution in [2.45, 2.75) is 0 Å². The van der Waals surface area contributed by atoms with Gasteiger partial charge in [0, 0.05) is 5.56 Å². The van der Waals surface area contributed by atoms with Gasteiger partial charge in [-0.25, -0.2) is 0 Å². The Balaban J connectivity index is 2.16. The molecule has 0 aromatic heterocycles. The molecule has 0 N–H and O–H groups in total. The molecular weight excluding hydrogens is 276 g/mol. The van der Waals surface area contributed by atoms with Crippen molar-refractivity contribution in [3.63, 3.8) is 0 Å². The quantitative estimate of drug-likeness (QED) is 0.622. The number of fused-ring (bicyclic) bond motifs is 1. The Morgan fingerprint density at radius 2 is 1.32 bits per heavy atom. The van der Waals surface area contributed by atoms with E-state index < -0.39 is 0 Å². The number of para-hydroxylation sites is 1. The Bertz CT molecular complexity index is 665. The molecule has 0 aliphatic carbocycles. The van der Waals surface area contributed by atoms with E-state index in [1.807, 2.05) is 79.0 Å². The van der Waals surface area contributed by atoms with E-state index in [9.17, 15) is 0 Å². The van der Waals surface area contributed by atoms with Gasteiger partial charge >= 0.3 is 0 Å². The van der Waals surface area contributed by atoms with Crippen LogP contribution in [0.2, 0.25) is 0 Å². The number of rotatable bonds is 0. The van der Waals surface area contributed by atoms with Crippen LogP contribution in [-0.4, -0.2) is 0 Å². The van der Waals surface area contributed by atoms with E-state index in [0.717, 1.165) is 5.56 Å². The van der Waals surface area contributed by atoms with Gasteiger partial charge in [-0.15, -0.1) is 10.1 Å². The van der Waals surface area contributed by atoms with E-state index in [0.29, 0.717) is 5.75 Å². The molecule has 4 heteroatoms. The summed E-state index contributed by atoms with van der Waals surface area (Å²) in [4.78, 5) is 9.83. The van der Waals surface area contributed by atoms with Crippen LogP contribution in [0.25, 0.3) is 6.08 Å². The topological polar surface area (TPSA) is 43.2 Å². The van der Waals surface area contributed by atoms with E-state index in [2.05, 4.69) is 10.4 Å². The van der Waals surface area contributed by atoms with Crippen LogP contribution in [0.5, 0.6) is 5.75 Å². The third-order valence-corrected chi connectivity index (χ3v) is 2.56. The molecule has 0 bridgehead atoms. The van der Waals surface area contributed by atoms with Crippen LogP contribution >= 0.6 is 0 Å². The van der Waals surface area contributed by atoms with Gasteiger partial charge in [0.15, 0.2) is 5.75 Å². The lowest BCUT2D eigenvalue weighted by Crippen LogP contribution is -1.91. The number of hydrogen-bond donors (Lipinski definition) is 0. The molecule has 1 heterocycles. The maximum Gasteiger partial charge on any atom is 0.188 e. The first kappa shape index (κ1) is 15.3. The SMILES string of the molecule is C1=CC=CC=CN=NOOc2ccccc2C=CC=CC=C1. The monoisotopic (exact) mass is 292 g/mol. The summed E-state index contributed by atoms with van der Waals surface area (Å²) >= 11 is 0. The highest BCUT2D eigenvalue weighted by Gasteiger charge is 2.00. The van der Waals surface area contributed by atoms with Crippen molar-refractivity contribution in [1.29, 1.82) is 0 Å². The van der Waals surface area contributed by atoms with E-state index in [1.54, 1.807) is 12.1 Å². The fraction of sp³-hybridized carbons (Fsp3) is 0. The second-order valence-electron chi connectivity index (χ2n) is 4.13. The molecule has 0 saturated heterocycles. The molecule has 0 spiro atoms. The fourth-order valence-electron chi connectivity index (χ4n) is 1.56. The van der Waals surface area contributed by atoms with Crippen LogP contribution in [0.3, 0.4) is 0 Å². The van der Waals surface area contributed by atoms with Gasteiger partial charge in [0.05, 0.1) is 11.5 Å². The minimum Gasteiger partial charge on any atom is -0.265 e. The molecule has 2 rings (SSSR count). The Kier molecular flexibility index (Phi) is 6.74. The predicted molar refractivity (Wildman–Crippen MR) is 87.7 cm³/mol. The Labute approximate surface area is 129 Å². The van der Waals surface area contributed by atoms with Crippen LogP contribution in [0.15, 0.2) is 102 Å². The summed E-state index contributed by atoms with van der Waals surface area (Å²) in [6.07, 6.45) is 22.4. The minimum absolute atomic E-state index is 0.564. The van der Waals surface area contributed by atoms with E-state index >= 15 is 0 Å². The molecule has 0 amide bonds. The molecule has 0 saturated carbocycles. The number of benzene rings is 1. The molecule has 110 valence electrons. The maximum atomic E-state index is 5.12. The molecule has 0 atom stereocenters. The van der Waals surface area contributed by atoms with Crippen LogP contribution in [0.4, 0.5) is 0 Å². The third-order valence-electron chi connectivity index (χ3n) is 2.56. The van der Waals surface area contributed by atoms with Crippen molar-refractivity contribution in [1.82, 2.24) is 0 Å². The van der Waals surface area contributed by atoms with Crippen molar-refractivity contribution < 1.29 is 9.88 Å². The first-order chi connectivity index (χ1) is 11.0. The second kappa shape index (κ2) is 9.72. The first-order valence-corrected chi connectivity index (χ1v) is 6.79. The highest BCUT2D eigenvalue weighted by Crippen LogP contribution is 2.19. The number of allylic oxidation sites excluding steroid dienone is 10. The molecule has 1 aliphatic heterocycles. The normalized spacial score (nSPS) is 14.7. The van der Waals surface area contributed by atoms with Crippen molar-refractivity contribution in [2.75, 3.05) is 0 Å². The van der Waals surface area contributed by atoms with Crippen molar-refractivity contribution in [3.8, 4) is 5.75 Å². The minimum atomic E-state index is 0.564. The summed E-state index contributed by atoms with van der Waals surface area (Å²) in [5.74, 6) is 0.564. The molecule has 0 fully saturated rings. The van der Waals surface area contributed by atoms with Crippen LogP contribution in [-0.2, 0) is 4.99 Å². The molecule has 1 aromatic rings. The van der Waals surface area contributed by atoms with Gasteiger partial charge in [-0.05, 0) is 12.1 Å². The van der Waals surface area contributed by atoms with Crippen molar-refractivity contribution in [3.05, 3.63) is 96.8 Å². The van der Waals surface area contributed by atoms with Gasteiger partial charge in [-0.1, -0.05) is 79.0 Å². The van der Waals surface area contributed by atoms with Crippen molar-refractivity contribution >= 4 is 6.08 Å². The lowest BCUT2D eigenvalue weighted by atomic mass is 10.2. The molecule has 4 nitrogen and oxygen atoms in total. The van der Waals surface area contributed by atoms with E-state index in [-0.39, 0.29) is 0 Å². The first-order valence-electron chi connectivity index (χ1n) is 6.79. The summed E-state index contributed by atoms with van der Waals surface area (Å²) in [7, 11) is 0. The third kappa shape index (κ3) is 5.88. The van der Waals surface area contributed by atoms with E-state index in [1.165, 1.54) is 6.20 Å². The fourth-order valence-corrected chi connectivity index (χ4v) is 1.56. The Morgan fingerprint density at radius 3 is 2.09 bits per heavy atom. The van der Waals surface area contributed by atoms with Gasteiger partial charge in [-0.2, -0.15) is 0 Å². The highest BCUT2D eigenvalue weighted by atomic mass is 17.3. The number of nitrogens with zero attached hydrogens (tertiary/aromatic N) is 2. The molecule has 1 aliphatic rings. The zero-order chi connectivity index (χ0) is 15.3. The van der Waals surface area contributed by atoms with Crippen LogP contribution < -0.4 is 4.89 Å². The molecule has 22 heavy (non-hydrogen) atoms. The average molecular weight is 292 g/mol. The average Bonchev–Trinajstić information content (AvgIpc) is 2.55. The lowest BCUT2D eigenvalue weighted by Gasteiger charge is -2.02.